The molecular weight excluding hydrogens is 684 g/mol. The lowest BCUT2D eigenvalue weighted by atomic mass is 9.63. The van der Waals surface area contributed by atoms with Crippen LogP contribution in [0.5, 0.6) is 0 Å². The van der Waals surface area contributed by atoms with Gasteiger partial charge in [-0.2, -0.15) is 5.26 Å². The summed E-state index contributed by atoms with van der Waals surface area (Å²) in [6.45, 7) is 6.99. The van der Waals surface area contributed by atoms with Crippen molar-refractivity contribution in [1.82, 2.24) is 15.4 Å². The molecule has 2 saturated heterocycles. The van der Waals surface area contributed by atoms with Crippen molar-refractivity contribution in [2.75, 3.05) is 16.8 Å². The van der Waals surface area contributed by atoms with Crippen molar-refractivity contribution in [3.63, 3.8) is 0 Å². The maximum atomic E-state index is 16.3. The fourth-order valence-corrected chi connectivity index (χ4v) is 10.8. The molecule has 11 heteroatoms. The summed E-state index contributed by atoms with van der Waals surface area (Å²) in [4.78, 5) is 41.7. The molecule has 4 unspecified atom stereocenters. The van der Waals surface area contributed by atoms with Crippen molar-refractivity contribution in [3.05, 3.63) is 99.7 Å². The first kappa shape index (κ1) is 33.1. The van der Waals surface area contributed by atoms with Crippen LogP contribution in [-0.4, -0.2) is 46.4 Å². The molecule has 4 aromatic rings. The Morgan fingerprint density at radius 2 is 1.81 bits per heavy atom. The summed E-state index contributed by atoms with van der Waals surface area (Å²) in [5, 5.41) is 20.4. The number of hydrogen-bond acceptors (Lipinski definition) is 8. The highest BCUT2D eigenvalue weighted by Gasteiger charge is 2.72. The second kappa shape index (κ2) is 11.5. The number of imide groups is 1. The molecule has 0 radical (unpaired) electrons. The largest absolute Gasteiger partial charge is 0.378 e. The summed E-state index contributed by atoms with van der Waals surface area (Å²) in [7, 11) is 0. The molecule has 3 aliphatic heterocycles. The van der Waals surface area contributed by atoms with Gasteiger partial charge in [0.1, 0.15) is 17.6 Å². The molecule has 274 valence electrons. The fourth-order valence-electron chi connectivity index (χ4n) is 10.8. The molecule has 54 heavy (non-hydrogen) atoms. The normalized spacial score (nSPS) is 27.7. The van der Waals surface area contributed by atoms with Crippen LogP contribution in [-0.2, 0) is 21.5 Å². The Kier molecular flexibility index (Phi) is 7.05. The Labute approximate surface area is 312 Å². The minimum Gasteiger partial charge on any atom is -0.378 e. The van der Waals surface area contributed by atoms with Crippen molar-refractivity contribution in [2.45, 2.75) is 89.4 Å². The van der Waals surface area contributed by atoms with E-state index in [9.17, 15) is 19.6 Å². The predicted octanol–water partition coefficient (Wildman–Crippen LogP) is 6.79. The first-order valence-corrected chi connectivity index (χ1v) is 19.0. The first-order valence-electron chi connectivity index (χ1n) is 19.0. The Morgan fingerprint density at radius 3 is 2.50 bits per heavy atom. The molecule has 4 aliphatic carbocycles. The van der Waals surface area contributed by atoms with E-state index in [4.69, 9.17) is 4.52 Å². The quantitative estimate of drug-likeness (QED) is 0.190. The average molecular weight is 725 g/mol. The number of benzene rings is 3. The molecule has 11 rings (SSSR count). The van der Waals surface area contributed by atoms with Crippen LogP contribution in [0.4, 0.5) is 15.8 Å². The number of rotatable bonds is 8. The standard InChI is InChI=1S/C43H41FN6O4/c1-22-4-5-25(36-23(2)48-54-24(36)3)14-30(22)38(46-29-8-6-28(7-9-29)42(20-45)12-13-42)37-27-17-43(18-27)21-50(39(37)43)34-15-26-19-49(41(53)31(26)16-32(34)44)33-10-11-35(51)47-40(33)52/h4-9,14-16,27,33,37-39,46H,10-13,17-19,21H2,1-3H3,(H,47,51,52). The predicted molar refractivity (Wildman–Crippen MR) is 198 cm³/mol. The summed E-state index contributed by atoms with van der Waals surface area (Å²) >= 11 is 0. The van der Waals surface area contributed by atoms with Gasteiger partial charge >= 0.3 is 0 Å². The maximum absolute atomic E-state index is 16.3. The number of carbonyl (C=O) groups is 3. The molecule has 7 aliphatic rings. The highest BCUT2D eigenvalue weighted by Crippen LogP contribution is 2.72. The van der Waals surface area contributed by atoms with Gasteiger partial charge in [-0.25, -0.2) is 4.39 Å². The van der Waals surface area contributed by atoms with Crippen LogP contribution in [0.2, 0.25) is 0 Å². The third kappa shape index (κ3) is 4.74. The lowest BCUT2D eigenvalue weighted by molar-refractivity contribution is -0.136. The van der Waals surface area contributed by atoms with E-state index in [1.165, 1.54) is 16.5 Å². The Hall–Kier alpha value is -5.50. The number of nitrogens with one attached hydrogen (secondary N) is 2. The van der Waals surface area contributed by atoms with Crippen LogP contribution in [0.1, 0.15) is 88.6 Å². The van der Waals surface area contributed by atoms with Crippen molar-refractivity contribution in [1.29, 1.82) is 5.26 Å². The van der Waals surface area contributed by atoms with Gasteiger partial charge in [0, 0.05) is 53.7 Å². The van der Waals surface area contributed by atoms with E-state index in [0.717, 1.165) is 71.6 Å². The van der Waals surface area contributed by atoms with Gasteiger partial charge in [-0.05, 0) is 117 Å². The zero-order valence-corrected chi connectivity index (χ0v) is 30.5. The third-order valence-corrected chi connectivity index (χ3v) is 13.6. The molecule has 6 fully saturated rings. The van der Waals surface area contributed by atoms with Gasteiger partial charge in [-0.3, -0.25) is 19.7 Å². The number of carbonyl (C=O) groups excluding carboxylic acids is 3. The van der Waals surface area contributed by atoms with Crippen molar-refractivity contribution in [3.8, 4) is 17.2 Å². The molecular formula is C43H41FN6O4. The number of aryl methyl sites for hydroxylation is 3. The van der Waals surface area contributed by atoms with E-state index < -0.39 is 17.8 Å². The maximum Gasteiger partial charge on any atom is 0.255 e. The minimum absolute atomic E-state index is 0.0746. The van der Waals surface area contributed by atoms with E-state index in [1.807, 2.05) is 19.9 Å². The van der Waals surface area contributed by atoms with Crippen LogP contribution >= 0.6 is 0 Å². The second-order valence-corrected chi connectivity index (χ2v) is 16.7. The number of piperidine rings is 1. The number of amides is 3. The number of fused-ring (bicyclic) bond motifs is 1. The van der Waals surface area contributed by atoms with Crippen LogP contribution < -0.4 is 15.5 Å². The molecule has 4 saturated carbocycles. The summed E-state index contributed by atoms with van der Waals surface area (Å²) in [6.07, 6.45) is 4.36. The van der Waals surface area contributed by atoms with Crippen LogP contribution in [0, 0.1) is 55.2 Å². The van der Waals surface area contributed by atoms with Gasteiger partial charge in [0.15, 0.2) is 0 Å². The number of anilines is 2. The molecule has 4 atom stereocenters. The number of nitriles is 1. The van der Waals surface area contributed by atoms with Crippen LogP contribution in [0.3, 0.4) is 0 Å². The molecule has 3 amide bonds. The van der Waals surface area contributed by atoms with Gasteiger partial charge in [0.05, 0.1) is 28.9 Å². The van der Waals surface area contributed by atoms with Gasteiger partial charge in [0.2, 0.25) is 11.8 Å². The zero-order valence-electron chi connectivity index (χ0n) is 30.5. The van der Waals surface area contributed by atoms with Gasteiger partial charge in [-0.15, -0.1) is 0 Å². The smallest absolute Gasteiger partial charge is 0.255 e. The number of halogens is 1. The zero-order chi connectivity index (χ0) is 37.3. The Bertz CT molecular complexity index is 2310. The van der Waals surface area contributed by atoms with Gasteiger partial charge < -0.3 is 19.6 Å². The molecule has 1 aromatic heterocycles. The lowest BCUT2D eigenvalue weighted by Crippen LogP contribution is -2.64. The number of hydrogen-bond donors (Lipinski definition) is 2. The Balaban J connectivity index is 1.01. The van der Waals surface area contributed by atoms with E-state index in [1.54, 1.807) is 0 Å². The highest BCUT2D eigenvalue weighted by atomic mass is 19.1. The number of aromatic nitrogens is 1. The molecule has 1 spiro atoms. The molecule has 2 bridgehead atoms. The van der Waals surface area contributed by atoms with E-state index >= 15 is 4.39 Å². The monoisotopic (exact) mass is 724 g/mol. The minimum atomic E-state index is -0.757. The van der Waals surface area contributed by atoms with E-state index in [-0.39, 0.29) is 65.6 Å². The number of nitrogens with zero attached hydrogens (tertiary/aromatic N) is 4. The molecule has 2 N–H and O–H groups in total. The molecule has 10 nitrogen and oxygen atoms in total. The average Bonchev–Trinajstić information content (AvgIpc) is 3.61. The van der Waals surface area contributed by atoms with Crippen LogP contribution in [0.25, 0.3) is 11.1 Å². The van der Waals surface area contributed by atoms with Gasteiger partial charge in [0.25, 0.3) is 5.91 Å². The molecule has 4 heterocycles. The summed E-state index contributed by atoms with van der Waals surface area (Å²) in [6, 6.07) is 19.8. The fraction of sp³-hybridized carbons (Fsp3) is 0.419. The van der Waals surface area contributed by atoms with Gasteiger partial charge in [-0.1, -0.05) is 29.4 Å². The van der Waals surface area contributed by atoms with Crippen LogP contribution in [0.15, 0.2) is 59.1 Å². The second-order valence-electron chi connectivity index (χ2n) is 16.7. The van der Waals surface area contributed by atoms with E-state index in [2.05, 4.69) is 76.1 Å². The first-order chi connectivity index (χ1) is 26.0. The molecule has 3 aromatic carbocycles. The SMILES string of the molecule is Cc1ccc(-c2c(C)noc2C)cc1C(Nc1ccc(C2(C#N)CC2)cc1)C1C2CC3(C2)CN(c2cc4c(cc2F)C(=O)N(C2CCC(=O)NC2=O)C4)C13. The Morgan fingerprint density at radius 1 is 1.04 bits per heavy atom. The van der Waals surface area contributed by atoms with Crippen molar-refractivity contribution >= 4 is 29.1 Å². The lowest BCUT2D eigenvalue weighted by Gasteiger charge is -2.58. The van der Waals surface area contributed by atoms with Crippen molar-refractivity contribution < 1.29 is 23.3 Å². The van der Waals surface area contributed by atoms with E-state index in [0.29, 0.717) is 17.2 Å². The highest BCUT2D eigenvalue weighted by molar-refractivity contribution is 6.05. The third-order valence-electron chi connectivity index (χ3n) is 13.6. The summed E-state index contributed by atoms with van der Waals surface area (Å²) in [5.74, 6) is -0.279. The summed E-state index contributed by atoms with van der Waals surface area (Å²) < 4.78 is 21.9. The van der Waals surface area contributed by atoms with Crippen molar-refractivity contribution in [2.24, 2.45) is 17.3 Å². The summed E-state index contributed by atoms with van der Waals surface area (Å²) in [5.41, 5.74) is 8.42. The topological polar surface area (TPSA) is 132 Å².